The van der Waals surface area contributed by atoms with E-state index < -0.39 is 0 Å². The van der Waals surface area contributed by atoms with Gasteiger partial charge in [-0.3, -0.25) is 14.4 Å². The third-order valence-electron chi connectivity index (χ3n) is 4.63. The predicted octanol–water partition coefficient (Wildman–Crippen LogP) is 1.55. The SMILES string of the molecule is CCc1c(C(=O)NCCN2CCNCC2)cnn1Cc1ccccc1.Cl. The Bertz CT molecular complexity index is 682. The molecule has 0 radical (unpaired) electrons. The molecule has 142 valence electrons. The van der Waals surface area contributed by atoms with Gasteiger partial charge in [0.15, 0.2) is 0 Å². The van der Waals surface area contributed by atoms with Gasteiger partial charge in [-0.25, -0.2) is 0 Å². The van der Waals surface area contributed by atoms with Crippen molar-refractivity contribution in [1.82, 2.24) is 25.3 Å². The summed E-state index contributed by atoms with van der Waals surface area (Å²) in [7, 11) is 0. The van der Waals surface area contributed by atoms with E-state index in [2.05, 4.69) is 39.7 Å². The lowest BCUT2D eigenvalue weighted by Crippen LogP contribution is -2.46. The molecule has 1 aliphatic rings. The summed E-state index contributed by atoms with van der Waals surface area (Å²) in [6.07, 6.45) is 2.48. The van der Waals surface area contributed by atoms with Gasteiger partial charge in [0.1, 0.15) is 0 Å². The van der Waals surface area contributed by atoms with Crippen molar-refractivity contribution in [3.63, 3.8) is 0 Å². The summed E-state index contributed by atoms with van der Waals surface area (Å²) >= 11 is 0. The second-order valence-electron chi connectivity index (χ2n) is 6.35. The fourth-order valence-electron chi connectivity index (χ4n) is 3.22. The number of hydrogen-bond donors (Lipinski definition) is 2. The molecule has 0 saturated carbocycles. The first-order valence-electron chi connectivity index (χ1n) is 9.08. The number of halogens is 1. The van der Waals surface area contributed by atoms with Crippen molar-refractivity contribution in [2.75, 3.05) is 39.3 Å². The molecule has 2 N–H and O–H groups in total. The van der Waals surface area contributed by atoms with E-state index >= 15 is 0 Å². The van der Waals surface area contributed by atoms with Gasteiger partial charge in [-0.05, 0) is 12.0 Å². The van der Waals surface area contributed by atoms with Crippen LogP contribution in [-0.4, -0.2) is 59.9 Å². The Labute approximate surface area is 161 Å². The smallest absolute Gasteiger partial charge is 0.254 e. The van der Waals surface area contributed by atoms with Crippen LogP contribution in [0.15, 0.2) is 36.5 Å². The van der Waals surface area contributed by atoms with E-state index in [1.165, 1.54) is 5.56 Å². The third kappa shape index (κ3) is 5.30. The Morgan fingerprint density at radius 2 is 1.96 bits per heavy atom. The van der Waals surface area contributed by atoms with Crippen LogP contribution in [-0.2, 0) is 13.0 Å². The number of rotatable bonds is 7. The molecule has 0 spiro atoms. The van der Waals surface area contributed by atoms with Crippen molar-refractivity contribution in [2.24, 2.45) is 0 Å². The summed E-state index contributed by atoms with van der Waals surface area (Å²) in [6, 6.07) is 10.2. The molecular formula is C19H28ClN5O. The zero-order chi connectivity index (χ0) is 17.5. The number of nitrogens with zero attached hydrogens (tertiary/aromatic N) is 3. The highest BCUT2D eigenvalue weighted by Gasteiger charge is 2.16. The van der Waals surface area contributed by atoms with E-state index in [0.717, 1.165) is 44.8 Å². The van der Waals surface area contributed by atoms with E-state index in [4.69, 9.17) is 0 Å². The molecule has 3 rings (SSSR count). The molecular weight excluding hydrogens is 350 g/mol. The molecule has 0 unspecified atom stereocenters. The molecule has 1 fully saturated rings. The van der Waals surface area contributed by atoms with Crippen LogP contribution in [0.5, 0.6) is 0 Å². The highest BCUT2D eigenvalue weighted by Crippen LogP contribution is 2.12. The van der Waals surface area contributed by atoms with Crippen LogP contribution < -0.4 is 10.6 Å². The Kier molecular flexibility index (Phi) is 8.09. The second kappa shape index (κ2) is 10.3. The highest BCUT2D eigenvalue weighted by atomic mass is 35.5. The molecule has 1 amide bonds. The van der Waals surface area contributed by atoms with Crippen LogP contribution in [0.3, 0.4) is 0 Å². The monoisotopic (exact) mass is 377 g/mol. The van der Waals surface area contributed by atoms with Crippen LogP contribution in [0, 0.1) is 0 Å². The number of hydrogen-bond acceptors (Lipinski definition) is 4. The first-order valence-corrected chi connectivity index (χ1v) is 9.08. The van der Waals surface area contributed by atoms with Gasteiger partial charge in [-0.1, -0.05) is 37.3 Å². The van der Waals surface area contributed by atoms with Crippen molar-refractivity contribution in [3.05, 3.63) is 53.3 Å². The van der Waals surface area contributed by atoms with Crippen LogP contribution >= 0.6 is 12.4 Å². The fourth-order valence-corrected chi connectivity index (χ4v) is 3.22. The minimum absolute atomic E-state index is 0. The Morgan fingerprint density at radius 3 is 2.65 bits per heavy atom. The summed E-state index contributed by atoms with van der Waals surface area (Å²) in [5.41, 5.74) is 2.87. The number of carbonyl (C=O) groups excluding carboxylic acids is 1. The van der Waals surface area contributed by atoms with E-state index in [1.807, 2.05) is 22.9 Å². The Balaban J connectivity index is 0.00000243. The maximum Gasteiger partial charge on any atom is 0.254 e. The normalized spacial score (nSPS) is 14.7. The number of aromatic nitrogens is 2. The lowest BCUT2D eigenvalue weighted by Gasteiger charge is -2.27. The average molecular weight is 378 g/mol. The largest absolute Gasteiger partial charge is 0.351 e. The summed E-state index contributed by atoms with van der Waals surface area (Å²) in [5.74, 6) is -0.0219. The second-order valence-corrected chi connectivity index (χ2v) is 6.35. The zero-order valence-electron chi connectivity index (χ0n) is 15.3. The van der Waals surface area contributed by atoms with Crippen molar-refractivity contribution >= 4 is 18.3 Å². The van der Waals surface area contributed by atoms with Gasteiger partial charge in [0.25, 0.3) is 5.91 Å². The summed E-state index contributed by atoms with van der Waals surface area (Å²) in [5, 5.41) is 10.8. The highest BCUT2D eigenvalue weighted by molar-refractivity contribution is 5.95. The van der Waals surface area contributed by atoms with Crippen LogP contribution in [0.2, 0.25) is 0 Å². The van der Waals surface area contributed by atoms with Gasteiger partial charge in [0.2, 0.25) is 0 Å². The molecule has 0 bridgehead atoms. The first kappa shape index (κ1) is 20.4. The third-order valence-corrected chi connectivity index (χ3v) is 4.63. The predicted molar refractivity (Wildman–Crippen MR) is 106 cm³/mol. The maximum absolute atomic E-state index is 12.5. The summed E-state index contributed by atoms with van der Waals surface area (Å²) in [4.78, 5) is 14.9. The Morgan fingerprint density at radius 1 is 1.23 bits per heavy atom. The molecule has 26 heavy (non-hydrogen) atoms. The standard InChI is InChI=1S/C19H27N5O.ClH/c1-2-18-17(14-22-24(18)15-16-6-4-3-5-7-16)19(25)21-10-13-23-11-8-20-9-12-23;/h3-7,14,20H,2,8-13,15H2,1H3,(H,21,25);1H. The topological polar surface area (TPSA) is 62.2 Å². The molecule has 0 aliphatic carbocycles. The minimum atomic E-state index is -0.0219. The molecule has 1 aromatic heterocycles. The molecule has 6 nitrogen and oxygen atoms in total. The van der Waals surface area contributed by atoms with Gasteiger partial charge in [0.05, 0.1) is 24.0 Å². The number of piperazine rings is 1. The maximum atomic E-state index is 12.5. The zero-order valence-corrected chi connectivity index (χ0v) is 16.1. The Hall–Kier alpha value is -1.89. The number of nitrogens with one attached hydrogen (secondary N) is 2. The molecule has 0 atom stereocenters. The number of benzene rings is 1. The molecule has 2 aromatic rings. The van der Waals surface area contributed by atoms with Crippen molar-refractivity contribution in [3.8, 4) is 0 Å². The fraction of sp³-hybridized carbons (Fsp3) is 0.474. The lowest BCUT2D eigenvalue weighted by atomic mass is 10.1. The molecule has 1 saturated heterocycles. The van der Waals surface area contributed by atoms with Crippen LogP contribution in [0.4, 0.5) is 0 Å². The van der Waals surface area contributed by atoms with Crippen molar-refractivity contribution < 1.29 is 4.79 Å². The quantitative estimate of drug-likeness (QED) is 0.768. The van der Waals surface area contributed by atoms with Gasteiger partial charge in [-0.15, -0.1) is 12.4 Å². The van der Waals surface area contributed by atoms with E-state index in [1.54, 1.807) is 6.20 Å². The van der Waals surface area contributed by atoms with Crippen LogP contribution in [0.1, 0.15) is 28.5 Å². The average Bonchev–Trinajstić information content (AvgIpc) is 3.06. The van der Waals surface area contributed by atoms with E-state index in [9.17, 15) is 4.79 Å². The summed E-state index contributed by atoms with van der Waals surface area (Å²) in [6.45, 7) is 8.48. The number of amides is 1. The first-order chi connectivity index (χ1) is 12.3. The lowest BCUT2D eigenvalue weighted by molar-refractivity contribution is 0.0946. The minimum Gasteiger partial charge on any atom is -0.351 e. The van der Waals surface area contributed by atoms with Gasteiger partial charge >= 0.3 is 0 Å². The van der Waals surface area contributed by atoms with Gasteiger partial charge in [0, 0.05) is 39.3 Å². The number of carbonyl (C=O) groups is 1. The van der Waals surface area contributed by atoms with E-state index in [0.29, 0.717) is 18.7 Å². The van der Waals surface area contributed by atoms with E-state index in [-0.39, 0.29) is 18.3 Å². The molecule has 2 heterocycles. The molecule has 1 aliphatic heterocycles. The van der Waals surface area contributed by atoms with Gasteiger partial charge in [-0.2, -0.15) is 5.10 Å². The summed E-state index contributed by atoms with van der Waals surface area (Å²) < 4.78 is 1.93. The van der Waals surface area contributed by atoms with Crippen molar-refractivity contribution in [2.45, 2.75) is 19.9 Å². The van der Waals surface area contributed by atoms with Gasteiger partial charge < -0.3 is 10.6 Å². The van der Waals surface area contributed by atoms with Crippen molar-refractivity contribution in [1.29, 1.82) is 0 Å². The molecule has 1 aromatic carbocycles. The molecule has 7 heteroatoms. The van der Waals surface area contributed by atoms with Crippen LogP contribution in [0.25, 0.3) is 0 Å².